The quantitative estimate of drug-likeness (QED) is 0.214. The molecule has 2 heterocycles. The van der Waals surface area contributed by atoms with Gasteiger partial charge in [-0.3, -0.25) is 4.79 Å². The van der Waals surface area contributed by atoms with Crippen LogP contribution in [-0.4, -0.2) is 5.78 Å². The molecule has 3 nitrogen and oxygen atoms in total. The van der Waals surface area contributed by atoms with Crippen LogP contribution >= 0.6 is 23.2 Å². The molecule has 0 aliphatic heterocycles. The Labute approximate surface area is 190 Å². The molecule has 2 aromatic carbocycles. The molecule has 0 saturated heterocycles. The minimum Gasteiger partial charge on any atom is -0.457 e. The third-order valence-electron chi connectivity index (χ3n) is 4.56. The molecule has 4 aromatic rings. The van der Waals surface area contributed by atoms with E-state index in [1.807, 2.05) is 0 Å². The van der Waals surface area contributed by atoms with Crippen molar-refractivity contribution in [3.05, 3.63) is 99.9 Å². The van der Waals surface area contributed by atoms with Gasteiger partial charge >= 0.3 is 6.18 Å². The van der Waals surface area contributed by atoms with E-state index in [2.05, 4.69) is 0 Å². The number of benzene rings is 2. The molecule has 0 aliphatic carbocycles. The molecular formula is C24H13Cl2F3O3. The maximum atomic E-state index is 12.9. The van der Waals surface area contributed by atoms with Crippen molar-refractivity contribution >= 4 is 35.1 Å². The van der Waals surface area contributed by atoms with Gasteiger partial charge in [-0.25, -0.2) is 0 Å². The fraction of sp³-hybridized carbons (Fsp3) is 0.0417. The van der Waals surface area contributed by atoms with Crippen LogP contribution in [0.15, 0.2) is 81.6 Å². The normalized spacial score (nSPS) is 11.9. The number of hydrogen-bond donors (Lipinski definition) is 0. The number of alkyl halides is 3. The van der Waals surface area contributed by atoms with Crippen LogP contribution in [0.1, 0.15) is 21.9 Å². The summed E-state index contributed by atoms with van der Waals surface area (Å²) in [4.78, 5) is 12.4. The fourth-order valence-corrected chi connectivity index (χ4v) is 3.61. The number of halogens is 5. The Morgan fingerprint density at radius 2 is 1.53 bits per heavy atom. The van der Waals surface area contributed by atoms with E-state index in [4.69, 9.17) is 32.0 Å². The van der Waals surface area contributed by atoms with Crippen LogP contribution in [0.2, 0.25) is 10.0 Å². The molecule has 2 aromatic heterocycles. The molecule has 8 heteroatoms. The van der Waals surface area contributed by atoms with Crippen molar-refractivity contribution in [1.29, 1.82) is 0 Å². The molecule has 0 atom stereocenters. The SMILES string of the molecule is O=C(/C=C/c1ccc(-c2c(Cl)cccc2Cl)o1)c1ccc(-c2cccc(C(F)(F)F)c2)o1. The smallest absolute Gasteiger partial charge is 0.416 e. The van der Waals surface area contributed by atoms with Gasteiger partial charge in [0.15, 0.2) is 5.76 Å². The highest BCUT2D eigenvalue weighted by atomic mass is 35.5. The van der Waals surface area contributed by atoms with Crippen molar-refractivity contribution < 1.29 is 26.8 Å². The third kappa shape index (κ3) is 4.66. The zero-order valence-corrected chi connectivity index (χ0v) is 17.6. The topological polar surface area (TPSA) is 43.4 Å². The molecule has 0 bridgehead atoms. The van der Waals surface area contributed by atoms with E-state index in [0.29, 0.717) is 27.1 Å². The van der Waals surface area contributed by atoms with Crippen LogP contribution < -0.4 is 0 Å². The van der Waals surface area contributed by atoms with Crippen LogP contribution in [-0.2, 0) is 6.18 Å². The van der Waals surface area contributed by atoms with Crippen LogP contribution in [0.3, 0.4) is 0 Å². The van der Waals surface area contributed by atoms with Crippen molar-refractivity contribution in [3.8, 4) is 22.6 Å². The lowest BCUT2D eigenvalue weighted by Gasteiger charge is -2.07. The van der Waals surface area contributed by atoms with Crippen LogP contribution in [0, 0.1) is 0 Å². The lowest BCUT2D eigenvalue weighted by Crippen LogP contribution is -2.04. The highest BCUT2D eigenvalue weighted by molar-refractivity contribution is 6.39. The number of ketones is 1. The molecule has 0 N–H and O–H groups in total. The molecule has 32 heavy (non-hydrogen) atoms. The van der Waals surface area contributed by atoms with Gasteiger partial charge in [-0.15, -0.1) is 0 Å². The summed E-state index contributed by atoms with van der Waals surface area (Å²) < 4.78 is 49.9. The van der Waals surface area contributed by atoms with Gasteiger partial charge in [0.1, 0.15) is 17.3 Å². The Hall–Kier alpha value is -3.22. The molecule has 4 rings (SSSR count). The molecule has 0 amide bonds. The van der Waals surface area contributed by atoms with Gasteiger partial charge in [0.05, 0.1) is 21.2 Å². The highest BCUT2D eigenvalue weighted by Crippen LogP contribution is 2.36. The minimum atomic E-state index is -4.47. The maximum absolute atomic E-state index is 12.9. The Morgan fingerprint density at radius 3 is 2.25 bits per heavy atom. The van der Waals surface area contributed by atoms with Crippen molar-refractivity contribution in [3.63, 3.8) is 0 Å². The summed E-state index contributed by atoms with van der Waals surface area (Å²) in [7, 11) is 0. The predicted octanol–water partition coefficient (Wildman–Crippen LogP) is 8.43. The van der Waals surface area contributed by atoms with Crippen molar-refractivity contribution in [2.24, 2.45) is 0 Å². The van der Waals surface area contributed by atoms with E-state index >= 15 is 0 Å². The van der Waals surface area contributed by atoms with Crippen LogP contribution in [0.4, 0.5) is 13.2 Å². The zero-order valence-electron chi connectivity index (χ0n) is 16.1. The first-order valence-corrected chi connectivity index (χ1v) is 10.0. The van der Waals surface area contributed by atoms with E-state index in [-0.39, 0.29) is 17.1 Å². The number of carbonyl (C=O) groups is 1. The van der Waals surface area contributed by atoms with Crippen molar-refractivity contribution in [1.82, 2.24) is 0 Å². The molecule has 0 aliphatic rings. The summed E-state index contributed by atoms with van der Waals surface area (Å²) in [5.74, 6) is 0.486. The second kappa shape index (κ2) is 8.73. The van der Waals surface area contributed by atoms with Gasteiger partial charge in [-0.05, 0) is 60.7 Å². The standard InChI is InChI=1S/C24H13Cl2F3O3/c25-17-5-2-6-18(26)23(17)22-10-8-16(31-22)7-9-19(30)21-12-11-20(32-21)14-3-1-4-15(13-14)24(27,28)29/h1-13H/b9-7+. The summed E-state index contributed by atoms with van der Waals surface area (Å²) in [5, 5.41) is 0.854. The average Bonchev–Trinajstić information content (AvgIpc) is 3.42. The number of rotatable bonds is 5. The Morgan fingerprint density at radius 1 is 0.844 bits per heavy atom. The van der Waals surface area contributed by atoms with Crippen LogP contribution in [0.25, 0.3) is 28.7 Å². The molecule has 0 unspecified atom stereocenters. The summed E-state index contributed by atoms with van der Waals surface area (Å²) in [5.41, 5.74) is -0.0415. The van der Waals surface area contributed by atoms with Crippen LogP contribution in [0.5, 0.6) is 0 Å². The number of furan rings is 2. The molecule has 0 fully saturated rings. The van der Waals surface area contributed by atoms with Gasteiger partial charge < -0.3 is 8.83 Å². The van der Waals surface area contributed by atoms with E-state index in [9.17, 15) is 18.0 Å². The van der Waals surface area contributed by atoms with Gasteiger partial charge in [-0.2, -0.15) is 13.2 Å². The molecule has 162 valence electrons. The Bertz CT molecular complexity index is 1300. The first-order valence-electron chi connectivity index (χ1n) is 9.26. The highest BCUT2D eigenvalue weighted by Gasteiger charge is 2.30. The fourth-order valence-electron chi connectivity index (χ4n) is 3.02. The first kappa shape index (κ1) is 22.0. The van der Waals surface area contributed by atoms with Crippen molar-refractivity contribution in [2.45, 2.75) is 6.18 Å². The van der Waals surface area contributed by atoms with Gasteiger partial charge in [-0.1, -0.05) is 41.4 Å². The minimum absolute atomic E-state index is 0.0189. The monoisotopic (exact) mass is 476 g/mol. The average molecular weight is 477 g/mol. The molecule has 0 spiro atoms. The lowest BCUT2D eigenvalue weighted by molar-refractivity contribution is -0.137. The molecular weight excluding hydrogens is 464 g/mol. The van der Waals surface area contributed by atoms with Gasteiger partial charge in [0.25, 0.3) is 0 Å². The van der Waals surface area contributed by atoms with E-state index in [1.54, 1.807) is 30.3 Å². The lowest BCUT2D eigenvalue weighted by atomic mass is 10.1. The van der Waals surface area contributed by atoms with E-state index in [1.165, 1.54) is 36.4 Å². The summed E-state index contributed by atoms with van der Waals surface area (Å²) in [6.45, 7) is 0. The summed E-state index contributed by atoms with van der Waals surface area (Å²) >= 11 is 12.4. The van der Waals surface area contributed by atoms with Gasteiger partial charge in [0.2, 0.25) is 5.78 Å². The molecule has 0 saturated carbocycles. The van der Waals surface area contributed by atoms with Crippen molar-refractivity contribution in [2.75, 3.05) is 0 Å². The second-order valence-electron chi connectivity index (χ2n) is 6.74. The van der Waals surface area contributed by atoms with Gasteiger partial charge in [0, 0.05) is 5.56 Å². The molecule has 0 radical (unpaired) electrons. The number of carbonyl (C=O) groups excluding carboxylic acids is 1. The Balaban J connectivity index is 1.51. The predicted molar refractivity (Wildman–Crippen MR) is 117 cm³/mol. The summed E-state index contributed by atoms with van der Waals surface area (Å²) in [6.07, 6.45) is -1.78. The van der Waals surface area contributed by atoms with E-state index < -0.39 is 17.5 Å². The third-order valence-corrected chi connectivity index (χ3v) is 5.19. The first-order chi connectivity index (χ1) is 15.2. The zero-order chi connectivity index (χ0) is 22.9. The van der Waals surface area contributed by atoms with E-state index in [0.717, 1.165) is 12.1 Å². The number of hydrogen-bond acceptors (Lipinski definition) is 3. The summed E-state index contributed by atoms with van der Waals surface area (Å²) in [6, 6.07) is 15.9. The maximum Gasteiger partial charge on any atom is 0.416 e. The largest absolute Gasteiger partial charge is 0.457 e. The Kier molecular flexibility index (Phi) is 6.00. The number of allylic oxidation sites excluding steroid dienone is 1. The second-order valence-corrected chi connectivity index (χ2v) is 7.55.